The van der Waals surface area contributed by atoms with Crippen LogP contribution in [0.1, 0.15) is 33.8 Å². The number of hydrogen-bond donors (Lipinski definition) is 3. The normalized spacial score (nSPS) is 14.3. The number of carbonyl (C=O) groups excluding carboxylic acids is 1. The second-order valence-electron chi connectivity index (χ2n) is 8.75. The van der Waals surface area contributed by atoms with Crippen LogP contribution in [0.25, 0.3) is 5.69 Å². The van der Waals surface area contributed by atoms with Crippen molar-refractivity contribution in [2.45, 2.75) is 18.9 Å². The van der Waals surface area contributed by atoms with Gasteiger partial charge in [0.05, 0.1) is 28.9 Å². The third kappa shape index (κ3) is 5.68. The third-order valence-electron chi connectivity index (χ3n) is 6.25. The quantitative estimate of drug-likeness (QED) is 0.308. The van der Waals surface area contributed by atoms with Crippen LogP contribution >= 0.6 is 23.2 Å². The summed E-state index contributed by atoms with van der Waals surface area (Å²) in [5, 5.41) is 16.7. The minimum Gasteiger partial charge on any atom is -0.493 e. The summed E-state index contributed by atoms with van der Waals surface area (Å²) in [6, 6.07) is 15.2. The lowest BCUT2D eigenvalue weighted by atomic mass is 9.93. The lowest BCUT2D eigenvalue weighted by molar-refractivity contribution is 0.0945. The van der Waals surface area contributed by atoms with E-state index < -0.39 is 11.2 Å². The molecular formula is C27H22Cl2N4O6. The largest absolute Gasteiger partial charge is 0.493 e. The maximum Gasteiger partial charge on any atom is 0.349 e. The van der Waals surface area contributed by atoms with Gasteiger partial charge in [0.25, 0.3) is 11.5 Å². The van der Waals surface area contributed by atoms with Gasteiger partial charge in [-0.1, -0.05) is 47.5 Å². The van der Waals surface area contributed by atoms with Crippen molar-refractivity contribution >= 4 is 29.1 Å². The van der Waals surface area contributed by atoms with Gasteiger partial charge in [0.2, 0.25) is 0 Å². The highest BCUT2D eigenvalue weighted by molar-refractivity contribution is 6.37. The minimum atomic E-state index is -0.761. The maximum atomic E-state index is 13.1. The average Bonchev–Trinajstić information content (AvgIpc) is 2.93. The molecule has 0 saturated carbocycles. The summed E-state index contributed by atoms with van der Waals surface area (Å²) < 4.78 is 12.5. The highest BCUT2D eigenvalue weighted by Crippen LogP contribution is 2.38. The summed E-state index contributed by atoms with van der Waals surface area (Å²) in [6.07, 6.45) is 1.71. The van der Waals surface area contributed by atoms with E-state index in [0.717, 1.165) is 28.6 Å². The number of halogens is 2. The van der Waals surface area contributed by atoms with E-state index in [0.29, 0.717) is 18.7 Å². The predicted octanol–water partition coefficient (Wildman–Crippen LogP) is 3.81. The summed E-state index contributed by atoms with van der Waals surface area (Å²) in [6.45, 7) is 0.614. The Bertz CT molecular complexity index is 1650. The van der Waals surface area contributed by atoms with Gasteiger partial charge in [0.15, 0.2) is 5.75 Å². The number of ether oxygens (including phenoxy) is 2. The number of rotatable bonds is 7. The molecule has 200 valence electrons. The first-order valence-electron chi connectivity index (χ1n) is 11.9. The van der Waals surface area contributed by atoms with E-state index in [4.69, 9.17) is 32.7 Å². The number of H-pyrrole nitrogens is 1. The number of aromatic nitrogens is 3. The zero-order valence-electron chi connectivity index (χ0n) is 20.3. The molecule has 1 aliphatic heterocycles. The molecule has 1 aromatic heterocycles. The second-order valence-corrected chi connectivity index (χ2v) is 9.56. The van der Waals surface area contributed by atoms with Gasteiger partial charge in [0.1, 0.15) is 17.7 Å². The molecule has 12 heteroatoms. The summed E-state index contributed by atoms with van der Waals surface area (Å²) in [5.74, 6) is 0.877. The molecule has 2 heterocycles. The van der Waals surface area contributed by atoms with Crippen LogP contribution in [-0.4, -0.2) is 38.9 Å². The summed E-state index contributed by atoms with van der Waals surface area (Å²) in [4.78, 5) is 38.6. The van der Waals surface area contributed by atoms with Crippen LogP contribution in [0.2, 0.25) is 10.0 Å². The monoisotopic (exact) mass is 568 g/mol. The molecule has 0 spiro atoms. The molecule has 1 aliphatic rings. The zero-order chi connectivity index (χ0) is 27.5. The van der Waals surface area contributed by atoms with E-state index in [2.05, 4.69) is 15.4 Å². The average molecular weight is 569 g/mol. The van der Waals surface area contributed by atoms with E-state index in [1.807, 2.05) is 24.3 Å². The Balaban J connectivity index is 1.36. The molecule has 39 heavy (non-hydrogen) atoms. The van der Waals surface area contributed by atoms with Crippen LogP contribution in [0, 0.1) is 0 Å². The van der Waals surface area contributed by atoms with Gasteiger partial charge in [-0.25, -0.2) is 4.79 Å². The van der Waals surface area contributed by atoms with Crippen LogP contribution < -0.4 is 26.0 Å². The topological polar surface area (TPSA) is 136 Å². The number of aromatic amines is 1. The summed E-state index contributed by atoms with van der Waals surface area (Å²) in [7, 11) is 0. The number of benzene rings is 3. The second kappa shape index (κ2) is 11.3. The van der Waals surface area contributed by atoms with Crippen molar-refractivity contribution in [2.24, 2.45) is 0 Å². The van der Waals surface area contributed by atoms with Gasteiger partial charge in [-0.2, -0.15) is 9.78 Å². The lowest BCUT2D eigenvalue weighted by Crippen LogP contribution is -2.31. The smallest absolute Gasteiger partial charge is 0.349 e. The number of nitrogens with one attached hydrogen (secondary N) is 2. The van der Waals surface area contributed by atoms with E-state index >= 15 is 0 Å². The van der Waals surface area contributed by atoms with Crippen molar-refractivity contribution in [3.63, 3.8) is 0 Å². The molecule has 1 atom stereocenters. The zero-order valence-corrected chi connectivity index (χ0v) is 21.8. The molecule has 10 nitrogen and oxygen atoms in total. The van der Waals surface area contributed by atoms with Gasteiger partial charge in [0, 0.05) is 18.0 Å². The fourth-order valence-electron chi connectivity index (χ4n) is 4.33. The molecule has 5 rings (SSSR count). The number of para-hydroxylation sites is 1. The molecule has 0 radical (unpaired) electrons. The number of nitrogens with zero attached hydrogens (tertiary/aromatic N) is 2. The van der Waals surface area contributed by atoms with Crippen molar-refractivity contribution in [2.75, 3.05) is 13.2 Å². The molecule has 1 amide bonds. The van der Waals surface area contributed by atoms with Crippen molar-refractivity contribution in [1.82, 2.24) is 20.1 Å². The molecule has 0 fully saturated rings. The Labute approximate surface area is 231 Å². The maximum absolute atomic E-state index is 13.1. The van der Waals surface area contributed by atoms with Crippen LogP contribution in [0.15, 0.2) is 70.4 Å². The minimum absolute atomic E-state index is 0.0628. The number of aliphatic hydroxyl groups is 1. The Kier molecular flexibility index (Phi) is 7.69. The molecule has 0 bridgehead atoms. The van der Waals surface area contributed by atoms with Crippen molar-refractivity contribution in [3.05, 3.63) is 108 Å². The molecule has 4 aromatic rings. The lowest BCUT2D eigenvalue weighted by Gasteiger charge is -2.26. The summed E-state index contributed by atoms with van der Waals surface area (Å²) in [5.41, 5.74) is 0.506. The molecule has 3 N–H and O–H groups in total. The van der Waals surface area contributed by atoms with E-state index in [1.165, 1.54) is 18.2 Å². The predicted molar refractivity (Wildman–Crippen MR) is 145 cm³/mol. The van der Waals surface area contributed by atoms with E-state index in [1.54, 1.807) is 12.1 Å². The fraction of sp³-hybridized carbons (Fsp3) is 0.185. The molecular weight excluding hydrogens is 547 g/mol. The highest BCUT2D eigenvalue weighted by Gasteiger charge is 2.23. The number of fused-ring (bicyclic) bond motifs is 1. The molecule has 3 aromatic carbocycles. The van der Waals surface area contributed by atoms with Crippen LogP contribution in [0.3, 0.4) is 0 Å². The summed E-state index contributed by atoms with van der Waals surface area (Å²) >= 11 is 12.8. The van der Waals surface area contributed by atoms with Crippen LogP contribution in [-0.2, 0) is 6.61 Å². The van der Waals surface area contributed by atoms with E-state index in [9.17, 15) is 19.5 Å². The molecule has 0 saturated heterocycles. The Morgan fingerprint density at radius 1 is 1.15 bits per heavy atom. The van der Waals surface area contributed by atoms with Crippen molar-refractivity contribution in [1.29, 1.82) is 0 Å². The first kappa shape index (κ1) is 26.5. The van der Waals surface area contributed by atoms with Gasteiger partial charge < -0.3 is 19.9 Å². The van der Waals surface area contributed by atoms with Gasteiger partial charge in [-0.3, -0.25) is 14.6 Å². The first-order chi connectivity index (χ1) is 18.8. The Hall–Kier alpha value is -4.12. The fourth-order valence-corrected chi connectivity index (χ4v) is 4.88. The van der Waals surface area contributed by atoms with Gasteiger partial charge >= 0.3 is 5.69 Å². The molecule has 0 aliphatic carbocycles. The first-order valence-corrected chi connectivity index (χ1v) is 12.7. The van der Waals surface area contributed by atoms with E-state index in [-0.39, 0.29) is 51.2 Å². The van der Waals surface area contributed by atoms with Crippen LogP contribution in [0.5, 0.6) is 17.2 Å². The molecule has 1 unspecified atom stereocenters. The number of hydrogen-bond acceptors (Lipinski definition) is 7. The third-order valence-corrected chi connectivity index (χ3v) is 6.81. The van der Waals surface area contributed by atoms with Gasteiger partial charge in [-0.05, 0) is 47.9 Å². The van der Waals surface area contributed by atoms with Crippen LogP contribution in [0.4, 0.5) is 0 Å². The SMILES string of the molecule is O=C(NCC1CCOc2ccccc21)c1cc(Oc2c(Cl)cc(-n3ncc(=O)[nH]c3=O)cc2Cl)ccc1CO. The number of amides is 1. The standard InChI is InChI=1S/C27H22Cl2N4O6/c28-21-9-17(33-27(37)32-24(35)13-31-33)10-22(29)25(21)39-18-6-5-16(14-34)20(11-18)26(36)30-12-15-7-8-38-23-4-2-1-3-19(15)23/h1-6,9-11,13,15,34H,7-8,12,14H2,(H,30,36)(H,32,35,37). The highest BCUT2D eigenvalue weighted by atomic mass is 35.5. The van der Waals surface area contributed by atoms with Gasteiger partial charge in [-0.15, -0.1) is 0 Å². The Morgan fingerprint density at radius 3 is 2.67 bits per heavy atom. The Morgan fingerprint density at radius 2 is 1.92 bits per heavy atom. The number of carbonyl (C=O) groups is 1. The van der Waals surface area contributed by atoms with Crippen molar-refractivity contribution < 1.29 is 19.4 Å². The van der Waals surface area contributed by atoms with Crippen molar-refractivity contribution in [3.8, 4) is 22.9 Å². The number of aliphatic hydroxyl groups excluding tert-OH is 1.